The number of benzene rings is 2. The summed E-state index contributed by atoms with van der Waals surface area (Å²) in [7, 11) is 0. The summed E-state index contributed by atoms with van der Waals surface area (Å²) < 4.78 is 0. The van der Waals surface area contributed by atoms with Gasteiger partial charge in [-0.1, -0.05) is 41.9 Å². The first kappa shape index (κ1) is 10.2. The molecule has 2 aromatic carbocycles. The summed E-state index contributed by atoms with van der Waals surface area (Å²) >= 11 is 5.88. The minimum Gasteiger partial charge on any atom is -0.396 e. The van der Waals surface area contributed by atoms with Gasteiger partial charge in [-0.05, 0) is 18.2 Å². The molecule has 3 heteroatoms. The largest absolute Gasteiger partial charge is 0.396 e. The van der Waals surface area contributed by atoms with Crippen LogP contribution in [0.25, 0.3) is 22.2 Å². The van der Waals surface area contributed by atoms with Crippen molar-refractivity contribution < 1.29 is 0 Å². The number of halogens is 1. The zero-order valence-corrected chi connectivity index (χ0v) is 9.83. The van der Waals surface area contributed by atoms with Crippen molar-refractivity contribution in [1.82, 2.24) is 4.98 Å². The van der Waals surface area contributed by atoms with Crippen LogP contribution in [0.4, 0.5) is 5.69 Å². The van der Waals surface area contributed by atoms with Crippen molar-refractivity contribution in [2.75, 3.05) is 5.73 Å². The number of fused-ring (bicyclic) bond motifs is 1. The lowest BCUT2D eigenvalue weighted by Crippen LogP contribution is -1.86. The molecule has 2 nitrogen and oxygen atoms in total. The number of H-pyrrole nitrogens is 1. The summed E-state index contributed by atoms with van der Waals surface area (Å²) in [5.41, 5.74) is 9.97. The van der Waals surface area contributed by atoms with E-state index in [4.69, 9.17) is 17.3 Å². The van der Waals surface area contributed by atoms with Crippen LogP contribution in [0.3, 0.4) is 0 Å². The van der Waals surface area contributed by atoms with Crippen molar-refractivity contribution in [3.05, 3.63) is 53.6 Å². The van der Waals surface area contributed by atoms with E-state index >= 15 is 0 Å². The Morgan fingerprint density at radius 1 is 0.941 bits per heavy atom. The fraction of sp³-hybridized carbons (Fsp3) is 0. The Bertz CT molecular complexity index is 668. The Kier molecular flexibility index (Phi) is 2.30. The summed E-state index contributed by atoms with van der Waals surface area (Å²) in [6, 6.07) is 15.7. The van der Waals surface area contributed by atoms with Gasteiger partial charge in [0.1, 0.15) is 0 Å². The molecule has 0 bridgehead atoms. The second kappa shape index (κ2) is 3.82. The van der Waals surface area contributed by atoms with E-state index in [1.807, 2.05) is 48.5 Å². The molecule has 0 spiro atoms. The average Bonchev–Trinajstić information content (AvgIpc) is 2.69. The van der Waals surface area contributed by atoms with Gasteiger partial charge in [0.2, 0.25) is 0 Å². The van der Waals surface area contributed by atoms with Crippen LogP contribution < -0.4 is 5.73 Å². The number of hydrogen-bond acceptors (Lipinski definition) is 1. The molecule has 0 unspecified atom stereocenters. The lowest BCUT2D eigenvalue weighted by atomic mass is 10.1. The minimum atomic E-state index is 0.725. The molecule has 1 aromatic heterocycles. The molecule has 0 aliphatic rings. The molecule has 0 fully saturated rings. The van der Waals surface area contributed by atoms with Crippen molar-refractivity contribution in [3.63, 3.8) is 0 Å². The fourth-order valence-electron chi connectivity index (χ4n) is 2.01. The highest BCUT2D eigenvalue weighted by Crippen LogP contribution is 2.32. The average molecular weight is 243 g/mol. The molecule has 0 aliphatic heterocycles. The summed E-state index contributed by atoms with van der Waals surface area (Å²) in [4.78, 5) is 3.33. The van der Waals surface area contributed by atoms with Crippen LogP contribution in [0, 0.1) is 0 Å². The van der Waals surface area contributed by atoms with Gasteiger partial charge in [-0.25, -0.2) is 0 Å². The van der Waals surface area contributed by atoms with Crippen molar-refractivity contribution >= 4 is 28.2 Å². The standard InChI is InChI=1S/C14H11ClN2/c15-10-7-5-9(6-8-10)14-13(16)11-3-1-2-4-12(11)17-14/h1-8,17H,16H2. The topological polar surface area (TPSA) is 41.8 Å². The molecule has 3 rings (SSSR count). The second-order valence-corrected chi connectivity index (χ2v) is 4.40. The zero-order valence-electron chi connectivity index (χ0n) is 9.07. The molecule has 0 radical (unpaired) electrons. The van der Waals surface area contributed by atoms with Crippen LogP contribution in [0.2, 0.25) is 5.02 Å². The van der Waals surface area contributed by atoms with Crippen LogP contribution in [0.5, 0.6) is 0 Å². The van der Waals surface area contributed by atoms with Crippen LogP contribution in [0.1, 0.15) is 0 Å². The molecule has 17 heavy (non-hydrogen) atoms. The van der Waals surface area contributed by atoms with Crippen LogP contribution in [-0.4, -0.2) is 4.98 Å². The number of hydrogen-bond donors (Lipinski definition) is 2. The van der Waals surface area contributed by atoms with E-state index in [1.165, 1.54) is 0 Å². The Hall–Kier alpha value is -1.93. The minimum absolute atomic E-state index is 0.725. The Morgan fingerprint density at radius 3 is 2.35 bits per heavy atom. The number of aromatic nitrogens is 1. The Balaban J connectivity index is 2.24. The number of nitrogens with two attached hydrogens (primary N) is 1. The molecular weight excluding hydrogens is 232 g/mol. The van der Waals surface area contributed by atoms with Gasteiger partial charge < -0.3 is 10.7 Å². The number of aromatic amines is 1. The number of rotatable bonds is 1. The lowest BCUT2D eigenvalue weighted by Gasteiger charge is -2.00. The summed E-state index contributed by atoms with van der Waals surface area (Å²) in [5, 5.41) is 1.78. The number of nitrogen functional groups attached to an aromatic ring is 1. The van der Waals surface area contributed by atoms with Crippen LogP contribution in [0.15, 0.2) is 48.5 Å². The summed E-state index contributed by atoms with van der Waals surface area (Å²) in [6.45, 7) is 0. The van der Waals surface area contributed by atoms with Gasteiger partial charge >= 0.3 is 0 Å². The quantitative estimate of drug-likeness (QED) is 0.664. The van der Waals surface area contributed by atoms with Crippen LogP contribution >= 0.6 is 11.6 Å². The van der Waals surface area contributed by atoms with E-state index in [1.54, 1.807) is 0 Å². The maximum atomic E-state index is 6.14. The molecule has 0 atom stereocenters. The predicted octanol–water partition coefficient (Wildman–Crippen LogP) is 4.07. The van der Waals surface area contributed by atoms with Gasteiger partial charge in [0.15, 0.2) is 0 Å². The van der Waals surface area contributed by atoms with E-state index in [0.29, 0.717) is 0 Å². The molecular formula is C14H11ClN2. The maximum absolute atomic E-state index is 6.14. The van der Waals surface area contributed by atoms with Crippen LogP contribution in [-0.2, 0) is 0 Å². The Morgan fingerprint density at radius 2 is 1.65 bits per heavy atom. The third-order valence-electron chi connectivity index (χ3n) is 2.88. The smallest absolute Gasteiger partial charge is 0.0698 e. The fourth-order valence-corrected chi connectivity index (χ4v) is 2.13. The summed E-state index contributed by atoms with van der Waals surface area (Å²) in [5.74, 6) is 0. The summed E-state index contributed by atoms with van der Waals surface area (Å²) in [6.07, 6.45) is 0. The molecule has 1 heterocycles. The van der Waals surface area contributed by atoms with Crippen molar-refractivity contribution in [1.29, 1.82) is 0 Å². The van der Waals surface area contributed by atoms with E-state index in [2.05, 4.69) is 4.98 Å². The molecule has 0 saturated carbocycles. The van der Waals surface area contributed by atoms with Crippen molar-refractivity contribution in [2.24, 2.45) is 0 Å². The Labute approximate surface area is 104 Å². The van der Waals surface area contributed by atoms with E-state index < -0.39 is 0 Å². The van der Waals surface area contributed by atoms with Gasteiger partial charge in [-0.3, -0.25) is 0 Å². The number of para-hydroxylation sites is 1. The normalized spacial score (nSPS) is 10.9. The maximum Gasteiger partial charge on any atom is 0.0698 e. The third-order valence-corrected chi connectivity index (χ3v) is 3.13. The highest BCUT2D eigenvalue weighted by molar-refractivity contribution is 6.30. The van der Waals surface area contributed by atoms with Gasteiger partial charge in [-0.2, -0.15) is 0 Å². The lowest BCUT2D eigenvalue weighted by molar-refractivity contribution is 1.45. The number of anilines is 1. The second-order valence-electron chi connectivity index (χ2n) is 3.97. The van der Waals surface area contributed by atoms with E-state index in [-0.39, 0.29) is 0 Å². The first-order valence-corrected chi connectivity index (χ1v) is 5.75. The molecule has 0 amide bonds. The van der Waals surface area contributed by atoms with Crippen molar-refractivity contribution in [3.8, 4) is 11.3 Å². The molecule has 84 valence electrons. The molecule has 3 aromatic rings. The van der Waals surface area contributed by atoms with E-state index in [0.717, 1.165) is 32.9 Å². The first-order chi connectivity index (χ1) is 8.25. The predicted molar refractivity (Wildman–Crippen MR) is 73.2 cm³/mol. The van der Waals surface area contributed by atoms with Gasteiger partial charge in [0.05, 0.1) is 11.4 Å². The van der Waals surface area contributed by atoms with Gasteiger partial charge in [0.25, 0.3) is 0 Å². The molecule has 3 N–H and O–H groups in total. The third kappa shape index (κ3) is 1.67. The molecule has 0 aliphatic carbocycles. The zero-order chi connectivity index (χ0) is 11.8. The monoisotopic (exact) mass is 242 g/mol. The van der Waals surface area contributed by atoms with Gasteiger partial charge in [0, 0.05) is 21.5 Å². The van der Waals surface area contributed by atoms with E-state index in [9.17, 15) is 0 Å². The van der Waals surface area contributed by atoms with Crippen molar-refractivity contribution in [2.45, 2.75) is 0 Å². The number of nitrogens with one attached hydrogen (secondary N) is 1. The highest BCUT2D eigenvalue weighted by atomic mass is 35.5. The SMILES string of the molecule is Nc1c(-c2ccc(Cl)cc2)[nH]c2ccccc12. The molecule has 0 saturated heterocycles. The van der Waals surface area contributed by atoms with Gasteiger partial charge in [-0.15, -0.1) is 0 Å². The highest BCUT2D eigenvalue weighted by Gasteiger charge is 2.09. The first-order valence-electron chi connectivity index (χ1n) is 5.38.